The summed E-state index contributed by atoms with van der Waals surface area (Å²) >= 11 is 3.49. The molecule has 0 N–H and O–H groups in total. The Morgan fingerprint density at radius 3 is 2.65 bits per heavy atom. The Labute approximate surface area is 110 Å². The SMILES string of the molecule is Brc1ccccc1OCC1Cc2ccccc21. The van der Waals surface area contributed by atoms with E-state index in [0.29, 0.717) is 5.92 Å². The van der Waals surface area contributed by atoms with E-state index >= 15 is 0 Å². The molecule has 86 valence electrons. The van der Waals surface area contributed by atoms with Gasteiger partial charge in [-0.1, -0.05) is 36.4 Å². The lowest BCUT2D eigenvalue weighted by atomic mass is 9.78. The van der Waals surface area contributed by atoms with Gasteiger partial charge in [-0.2, -0.15) is 0 Å². The van der Waals surface area contributed by atoms with Crippen LogP contribution >= 0.6 is 15.9 Å². The normalized spacial score (nSPS) is 17.1. The van der Waals surface area contributed by atoms with Crippen molar-refractivity contribution in [2.75, 3.05) is 6.61 Å². The van der Waals surface area contributed by atoms with Crippen molar-refractivity contribution < 1.29 is 4.74 Å². The smallest absolute Gasteiger partial charge is 0.133 e. The lowest BCUT2D eigenvalue weighted by molar-refractivity contribution is 0.274. The van der Waals surface area contributed by atoms with Crippen LogP contribution in [0.5, 0.6) is 5.75 Å². The van der Waals surface area contributed by atoms with Crippen molar-refractivity contribution in [2.24, 2.45) is 0 Å². The first-order chi connectivity index (χ1) is 8.34. The number of rotatable bonds is 3. The van der Waals surface area contributed by atoms with Crippen LogP contribution in [0.4, 0.5) is 0 Å². The van der Waals surface area contributed by atoms with Crippen molar-refractivity contribution >= 4 is 15.9 Å². The molecule has 3 rings (SSSR count). The van der Waals surface area contributed by atoms with Crippen LogP contribution in [0, 0.1) is 0 Å². The second kappa shape index (κ2) is 4.53. The van der Waals surface area contributed by atoms with E-state index in [1.165, 1.54) is 11.1 Å². The van der Waals surface area contributed by atoms with E-state index in [4.69, 9.17) is 4.74 Å². The van der Waals surface area contributed by atoms with E-state index in [-0.39, 0.29) is 0 Å². The molecule has 0 saturated heterocycles. The molecule has 1 aliphatic carbocycles. The van der Waals surface area contributed by atoms with Crippen molar-refractivity contribution in [3.8, 4) is 5.75 Å². The van der Waals surface area contributed by atoms with Gasteiger partial charge >= 0.3 is 0 Å². The highest BCUT2D eigenvalue weighted by atomic mass is 79.9. The highest BCUT2D eigenvalue weighted by Crippen LogP contribution is 2.35. The summed E-state index contributed by atoms with van der Waals surface area (Å²) < 4.78 is 6.87. The van der Waals surface area contributed by atoms with Crippen LogP contribution in [0.1, 0.15) is 17.0 Å². The summed E-state index contributed by atoms with van der Waals surface area (Å²) in [5.74, 6) is 1.48. The fourth-order valence-corrected chi connectivity index (χ4v) is 2.66. The van der Waals surface area contributed by atoms with Crippen LogP contribution in [0.2, 0.25) is 0 Å². The maximum atomic E-state index is 5.85. The van der Waals surface area contributed by atoms with Gasteiger partial charge in [-0.25, -0.2) is 0 Å². The summed E-state index contributed by atoms with van der Waals surface area (Å²) in [7, 11) is 0. The molecule has 17 heavy (non-hydrogen) atoms. The Hall–Kier alpha value is -1.28. The number of hydrogen-bond donors (Lipinski definition) is 0. The standard InChI is InChI=1S/C15H13BrO/c16-14-7-3-4-8-15(14)17-10-12-9-11-5-1-2-6-13(11)12/h1-8,12H,9-10H2. The molecule has 1 atom stereocenters. The molecule has 0 amide bonds. The van der Waals surface area contributed by atoms with E-state index in [2.05, 4.69) is 40.2 Å². The second-order valence-corrected chi connectivity index (χ2v) is 5.20. The number of halogens is 1. The maximum Gasteiger partial charge on any atom is 0.133 e. The van der Waals surface area contributed by atoms with Gasteiger partial charge in [0.05, 0.1) is 11.1 Å². The molecule has 0 saturated carbocycles. The van der Waals surface area contributed by atoms with E-state index in [1.807, 2.05) is 24.3 Å². The quantitative estimate of drug-likeness (QED) is 0.824. The molecule has 1 unspecified atom stereocenters. The zero-order valence-electron chi connectivity index (χ0n) is 9.40. The first-order valence-corrected chi connectivity index (χ1v) is 6.59. The Morgan fingerprint density at radius 1 is 1.06 bits per heavy atom. The summed E-state index contributed by atoms with van der Waals surface area (Å²) in [5.41, 5.74) is 2.91. The molecule has 0 heterocycles. The molecule has 1 aliphatic rings. The zero-order valence-corrected chi connectivity index (χ0v) is 11.0. The summed E-state index contributed by atoms with van der Waals surface area (Å²) in [6, 6.07) is 16.6. The lowest BCUT2D eigenvalue weighted by Gasteiger charge is -2.29. The average molecular weight is 289 g/mol. The predicted octanol–water partition coefficient (Wildman–Crippen LogP) is 4.17. The van der Waals surface area contributed by atoms with E-state index in [1.54, 1.807) is 0 Å². The van der Waals surface area contributed by atoms with Crippen molar-refractivity contribution in [1.82, 2.24) is 0 Å². The summed E-state index contributed by atoms with van der Waals surface area (Å²) in [4.78, 5) is 0. The second-order valence-electron chi connectivity index (χ2n) is 4.34. The van der Waals surface area contributed by atoms with Crippen LogP contribution in [0.3, 0.4) is 0 Å². The Bertz CT molecular complexity index is 536. The van der Waals surface area contributed by atoms with Crippen molar-refractivity contribution in [3.63, 3.8) is 0 Å². The number of ether oxygens (including phenoxy) is 1. The Kier molecular flexibility index (Phi) is 2.89. The third-order valence-corrected chi connectivity index (χ3v) is 3.89. The molecule has 2 heteroatoms. The van der Waals surface area contributed by atoms with Gasteiger partial charge in [0.25, 0.3) is 0 Å². The fourth-order valence-electron chi connectivity index (χ4n) is 2.26. The molecule has 0 spiro atoms. The van der Waals surface area contributed by atoms with Crippen molar-refractivity contribution in [3.05, 3.63) is 64.1 Å². The van der Waals surface area contributed by atoms with Gasteiger partial charge in [0.15, 0.2) is 0 Å². The predicted molar refractivity (Wildman–Crippen MR) is 72.5 cm³/mol. The largest absolute Gasteiger partial charge is 0.492 e. The monoisotopic (exact) mass is 288 g/mol. The number of benzene rings is 2. The zero-order chi connectivity index (χ0) is 11.7. The molecule has 1 nitrogen and oxygen atoms in total. The molecule has 0 bridgehead atoms. The fraction of sp³-hybridized carbons (Fsp3) is 0.200. The van der Waals surface area contributed by atoms with Crippen LogP contribution in [-0.2, 0) is 6.42 Å². The van der Waals surface area contributed by atoms with E-state index in [0.717, 1.165) is 23.2 Å². The van der Waals surface area contributed by atoms with Crippen molar-refractivity contribution in [1.29, 1.82) is 0 Å². The van der Waals surface area contributed by atoms with Gasteiger partial charge in [0.1, 0.15) is 5.75 Å². The lowest BCUT2D eigenvalue weighted by Crippen LogP contribution is -2.23. The van der Waals surface area contributed by atoms with Crippen LogP contribution in [0.25, 0.3) is 0 Å². The van der Waals surface area contributed by atoms with E-state index < -0.39 is 0 Å². The Balaban J connectivity index is 1.66. The number of para-hydroxylation sites is 1. The highest BCUT2D eigenvalue weighted by molar-refractivity contribution is 9.10. The van der Waals surface area contributed by atoms with Gasteiger partial charge in [0, 0.05) is 5.92 Å². The average Bonchev–Trinajstić information content (AvgIpc) is 2.32. The third kappa shape index (κ3) is 2.09. The third-order valence-electron chi connectivity index (χ3n) is 3.24. The van der Waals surface area contributed by atoms with Crippen LogP contribution in [0.15, 0.2) is 53.0 Å². The Morgan fingerprint density at radius 2 is 1.82 bits per heavy atom. The minimum atomic E-state index is 0.554. The maximum absolute atomic E-state index is 5.85. The first kappa shape index (κ1) is 10.8. The molecule has 0 radical (unpaired) electrons. The summed E-state index contributed by atoms with van der Waals surface area (Å²) in [6.45, 7) is 0.764. The van der Waals surface area contributed by atoms with Gasteiger partial charge in [-0.05, 0) is 45.6 Å². The molecule has 0 aromatic heterocycles. The molecule has 2 aromatic rings. The molecule has 0 fully saturated rings. The minimum Gasteiger partial charge on any atom is -0.492 e. The molecular weight excluding hydrogens is 276 g/mol. The van der Waals surface area contributed by atoms with Gasteiger partial charge < -0.3 is 4.74 Å². The first-order valence-electron chi connectivity index (χ1n) is 5.80. The van der Waals surface area contributed by atoms with Crippen LogP contribution in [-0.4, -0.2) is 6.61 Å². The van der Waals surface area contributed by atoms with E-state index in [9.17, 15) is 0 Å². The van der Waals surface area contributed by atoms with Gasteiger partial charge in [-0.15, -0.1) is 0 Å². The topological polar surface area (TPSA) is 9.23 Å². The van der Waals surface area contributed by atoms with Crippen molar-refractivity contribution in [2.45, 2.75) is 12.3 Å². The summed E-state index contributed by atoms with van der Waals surface area (Å²) in [5, 5.41) is 0. The molecule has 2 aromatic carbocycles. The van der Waals surface area contributed by atoms with Crippen LogP contribution < -0.4 is 4.74 Å². The number of fused-ring (bicyclic) bond motifs is 1. The van der Waals surface area contributed by atoms with Gasteiger partial charge in [-0.3, -0.25) is 0 Å². The van der Waals surface area contributed by atoms with Gasteiger partial charge in [0.2, 0.25) is 0 Å². The highest BCUT2D eigenvalue weighted by Gasteiger charge is 2.25. The summed E-state index contributed by atoms with van der Waals surface area (Å²) in [6.07, 6.45) is 1.14. The number of hydrogen-bond acceptors (Lipinski definition) is 1. The minimum absolute atomic E-state index is 0.554. The molecular formula is C15H13BrO. The molecule has 0 aliphatic heterocycles.